The molecule has 0 bridgehead atoms. The Morgan fingerprint density at radius 3 is 2.05 bits per heavy atom. The highest BCUT2D eigenvalue weighted by Gasteiger charge is 2.22. The standard InChI is InChI=1S/C18H28N2O/c1-14(2)13-19-9-11-20(12-10-19)18(21)17-7-5-16(6-8-17)15(3)4/h5-8,14-15H,9-13H2,1-4H3. The summed E-state index contributed by atoms with van der Waals surface area (Å²) in [7, 11) is 0. The molecule has 0 aliphatic carbocycles. The Morgan fingerprint density at radius 1 is 1.00 bits per heavy atom. The predicted octanol–water partition coefficient (Wildman–Crippen LogP) is 3.22. The summed E-state index contributed by atoms with van der Waals surface area (Å²) in [5, 5.41) is 0. The van der Waals surface area contributed by atoms with E-state index in [9.17, 15) is 4.79 Å². The molecular weight excluding hydrogens is 260 g/mol. The van der Waals surface area contributed by atoms with Crippen LogP contribution in [0.2, 0.25) is 0 Å². The quantitative estimate of drug-likeness (QED) is 0.849. The number of rotatable bonds is 4. The zero-order valence-electron chi connectivity index (χ0n) is 13.8. The molecule has 0 saturated carbocycles. The van der Waals surface area contributed by atoms with Crippen LogP contribution in [-0.4, -0.2) is 48.4 Å². The fourth-order valence-electron chi connectivity index (χ4n) is 2.84. The molecule has 1 fully saturated rings. The summed E-state index contributed by atoms with van der Waals surface area (Å²) in [5.74, 6) is 1.37. The highest BCUT2D eigenvalue weighted by Crippen LogP contribution is 2.16. The minimum absolute atomic E-state index is 0.175. The lowest BCUT2D eigenvalue weighted by Gasteiger charge is -2.35. The van der Waals surface area contributed by atoms with Crippen molar-refractivity contribution in [2.75, 3.05) is 32.7 Å². The predicted molar refractivity (Wildman–Crippen MR) is 87.7 cm³/mol. The second-order valence-corrected chi connectivity index (χ2v) is 6.76. The van der Waals surface area contributed by atoms with Gasteiger partial charge in [0.25, 0.3) is 5.91 Å². The van der Waals surface area contributed by atoms with Crippen LogP contribution in [0.4, 0.5) is 0 Å². The van der Waals surface area contributed by atoms with Gasteiger partial charge in [-0.05, 0) is 29.5 Å². The van der Waals surface area contributed by atoms with E-state index in [-0.39, 0.29) is 5.91 Å². The maximum atomic E-state index is 12.5. The van der Waals surface area contributed by atoms with E-state index in [1.807, 2.05) is 17.0 Å². The summed E-state index contributed by atoms with van der Waals surface area (Å²) in [4.78, 5) is 17.0. The molecule has 1 aromatic rings. The average molecular weight is 288 g/mol. The van der Waals surface area contributed by atoms with Gasteiger partial charge in [-0.15, -0.1) is 0 Å². The lowest BCUT2D eigenvalue weighted by atomic mass is 10.0. The fourth-order valence-corrected chi connectivity index (χ4v) is 2.84. The third-order valence-corrected chi connectivity index (χ3v) is 4.11. The fraction of sp³-hybridized carbons (Fsp3) is 0.611. The summed E-state index contributed by atoms with van der Waals surface area (Å²) in [6.45, 7) is 13.6. The van der Waals surface area contributed by atoms with Crippen LogP contribution in [0.15, 0.2) is 24.3 Å². The van der Waals surface area contributed by atoms with Gasteiger partial charge in [0, 0.05) is 38.3 Å². The van der Waals surface area contributed by atoms with Crippen LogP contribution in [0.1, 0.15) is 49.5 Å². The molecule has 0 radical (unpaired) electrons. The zero-order chi connectivity index (χ0) is 15.4. The van der Waals surface area contributed by atoms with Crippen molar-refractivity contribution in [2.24, 2.45) is 5.92 Å². The maximum Gasteiger partial charge on any atom is 0.253 e. The Bertz CT molecular complexity index is 457. The Hall–Kier alpha value is -1.35. The minimum Gasteiger partial charge on any atom is -0.336 e. The van der Waals surface area contributed by atoms with Gasteiger partial charge in [0.05, 0.1) is 0 Å². The van der Waals surface area contributed by atoms with E-state index < -0.39 is 0 Å². The Balaban J connectivity index is 1.92. The van der Waals surface area contributed by atoms with E-state index >= 15 is 0 Å². The molecule has 0 atom stereocenters. The van der Waals surface area contributed by atoms with Gasteiger partial charge in [0.15, 0.2) is 0 Å². The third-order valence-electron chi connectivity index (χ3n) is 4.11. The highest BCUT2D eigenvalue weighted by molar-refractivity contribution is 5.94. The molecule has 1 aliphatic heterocycles. The SMILES string of the molecule is CC(C)CN1CCN(C(=O)c2ccc(C(C)C)cc2)CC1. The second kappa shape index (κ2) is 7.08. The number of piperazine rings is 1. The van der Waals surface area contributed by atoms with Crippen molar-refractivity contribution in [1.29, 1.82) is 0 Å². The maximum absolute atomic E-state index is 12.5. The number of nitrogens with zero attached hydrogens (tertiary/aromatic N) is 2. The second-order valence-electron chi connectivity index (χ2n) is 6.76. The number of hydrogen-bond donors (Lipinski definition) is 0. The Morgan fingerprint density at radius 2 is 1.57 bits per heavy atom. The summed E-state index contributed by atoms with van der Waals surface area (Å²) in [6.07, 6.45) is 0. The third kappa shape index (κ3) is 4.31. The number of amides is 1. The molecule has 1 heterocycles. The summed E-state index contributed by atoms with van der Waals surface area (Å²) in [5.41, 5.74) is 2.10. The van der Waals surface area contributed by atoms with Gasteiger partial charge in [-0.3, -0.25) is 9.69 Å². The van der Waals surface area contributed by atoms with Crippen LogP contribution < -0.4 is 0 Å². The van der Waals surface area contributed by atoms with Gasteiger partial charge in [-0.25, -0.2) is 0 Å². The lowest BCUT2D eigenvalue weighted by molar-refractivity contribution is 0.0624. The normalized spacial score (nSPS) is 16.8. The number of hydrogen-bond acceptors (Lipinski definition) is 2. The molecular formula is C18H28N2O. The van der Waals surface area contributed by atoms with Crippen LogP contribution >= 0.6 is 0 Å². The van der Waals surface area contributed by atoms with Crippen molar-refractivity contribution in [1.82, 2.24) is 9.80 Å². The first kappa shape index (κ1) is 16.0. The van der Waals surface area contributed by atoms with E-state index in [1.54, 1.807) is 0 Å². The van der Waals surface area contributed by atoms with E-state index in [2.05, 4.69) is 44.7 Å². The Labute approximate surface area is 128 Å². The molecule has 0 aromatic heterocycles. The van der Waals surface area contributed by atoms with Gasteiger partial charge in [0.1, 0.15) is 0 Å². The van der Waals surface area contributed by atoms with Crippen molar-refractivity contribution >= 4 is 5.91 Å². The first-order valence-electron chi connectivity index (χ1n) is 8.09. The molecule has 1 amide bonds. The van der Waals surface area contributed by atoms with Crippen LogP contribution in [-0.2, 0) is 0 Å². The highest BCUT2D eigenvalue weighted by atomic mass is 16.2. The van der Waals surface area contributed by atoms with Gasteiger partial charge in [-0.1, -0.05) is 39.8 Å². The zero-order valence-corrected chi connectivity index (χ0v) is 13.8. The molecule has 3 heteroatoms. The van der Waals surface area contributed by atoms with Crippen LogP contribution in [0.3, 0.4) is 0 Å². The van der Waals surface area contributed by atoms with E-state index in [0.29, 0.717) is 11.8 Å². The van der Waals surface area contributed by atoms with Gasteiger partial charge in [0.2, 0.25) is 0 Å². The molecule has 1 aliphatic rings. The number of carbonyl (C=O) groups is 1. The monoisotopic (exact) mass is 288 g/mol. The lowest BCUT2D eigenvalue weighted by Crippen LogP contribution is -2.49. The first-order chi connectivity index (χ1) is 9.97. The molecule has 0 spiro atoms. The van der Waals surface area contributed by atoms with Gasteiger partial charge in [-0.2, -0.15) is 0 Å². The number of carbonyl (C=O) groups excluding carboxylic acids is 1. The van der Waals surface area contributed by atoms with Crippen LogP contribution in [0.5, 0.6) is 0 Å². The average Bonchev–Trinajstić information content (AvgIpc) is 2.47. The molecule has 0 N–H and O–H groups in total. The molecule has 21 heavy (non-hydrogen) atoms. The summed E-state index contributed by atoms with van der Waals surface area (Å²) >= 11 is 0. The molecule has 1 aromatic carbocycles. The van der Waals surface area contributed by atoms with E-state index in [1.165, 1.54) is 5.56 Å². The molecule has 3 nitrogen and oxygen atoms in total. The summed E-state index contributed by atoms with van der Waals surface area (Å²) < 4.78 is 0. The van der Waals surface area contributed by atoms with E-state index in [0.717, 1.165) is 38.3 Å². The molecule has 1 saturated heterocycles. The van der Waals surface area contributed by atoms with Crippen molar-refractivity contribution in [3.05, 3.63) is 35.4 Å². The van der Waals surface area contributed by atoms with Crippen LogP contribution in [0, 0.1) is 5.92 Å². The van der Waals surface area contributed by atoms with Gasteiger partial charge >= 0.3 is 0 Å². The van der Waals surface area contributed by atoms with Crippen molar-refractivity contribution in [2.45, 2.75) is 33.6 Å². The minimum atomic E-state index is 0.175. The molecule has 2 rings (SSSR count). The number of benzene rings is 1. The Kier molecular flexibility index (Phi) is 5.40. The van der Waals surface area contributed by atoms with Gasteiger partial charge < -0.3 is 4.90 Å². The topological polar surface area (TPSA) is 23.6 Å². The smallest absolute Gasteiger partial charge is 0.253 e. The molecule has 0 unspecified atom stereocenters. The van der Waals surface area contributed by atoms with Crippen molar-refractivity contribution in [3.63, 3.8) is 0 Å². The van der Waals surface area contributed by atoms with E-state index in [4.69, 9.17) is 0 Å². The van der Waals surface area contributed by atoms with Crippen molar-refractivity contribution in [3.8, 4) is 0 Å². The molecule has 116 valence electrons. The van der Waals surface area contributed by atoms with Crippen LogP contribution in [0.25, 0.3) is 0 Å². The largest absolute Gasteiger partial charge is 0.336 e. The summed E-state index contributed by atoms with van der Waals surface area (Å²) in [6, 6.07) is 8.09. The first-order valence-corrected chi connectivity index (χ1v) is 8.09. The van der Waals surface area contributed by atoms with Crippen molar-refractivity contribution < 1.29 is 4.79 Å².